The molecule has 1 heterocycles. The van der Waals surface area contributed by atoms with E-state index in [9.17, 15) is 9.59 Å². The highest BCUT2D eigenvalue weighted by atomic mass is 32.2. The first-order valence-electron chi connectivity index (χ1n) is 10.8. The molecule has 30 heavy (non-hydrogen) atoms. The first-order valence-corrected chi connectivity index (χ1v) is 13.1. The molecule has 3 N–H and O–H groups in total. The predicted molar refractivity (Wildman–Crippen MR) is 125 cm³/mol. The van der Waals surface area contributed by atoms with E-state index in [0.717, 1.165) is 34.6 Å². The smallest absolute Gasteiger partial charge is 0.243 e. The van der Waals surface area contributed by atoms with Crippen LogP contribution in [0.4, 0.5) is 0 Å². The fourth-order valence-corrected chi connectivity index (χ4v) is 6.00. The maximum atomic E-state index is 12.9. The van der Waals surface area contributed by atoms with Gasteiger partial charge in [0.25, 0.3) is 0 Å². The third kappa shape index (κ3) is 7.39. The Kier molecular flexibility index (Phi) is 9.68. The molecule has 166 valence electrons. The summed E-state index contributed by atoms with van der Waals surface area (Å²) in [6.45, 7) is 0.431. The van der Waals surface area contributed by atoms with Crippen LogP contribution >= 0.6 is 23.5 Å². The van der Waals surface area contributed by atoms with Crippen LogP contribution < -0.4 is 20.7 Å². The Hall–Kier alpha value is -1.38. The molecular weight excluding hydrogens is 418 g/mol. The minimum Gasteiger partial charge on any atom is -0.497 e. The van der Waals surface area contributed by atoms with Crippen molar-refractivity contribution in [2.45, 2.75) is 50.7 Å². The molecule has 2 atom stereocenters. The van der Waals surface area contributed by atoms with Gasteiger partial charge in [-0.05, 0) is 42.2 Å². The average Bonchev–Trinajstić information content (AvgIpc) is 3.33. The normalized spacial score (nSPS) is 20.5. The van der Waals surface area contributed by atoms with E-state index in [-0.39, 0.29) is 17.9 Å². The summed E-state index contributed by atoms with van der Waals surface area (Å²) in [5, 5.41) is 9.15. The van der Waals surface area contributed by atoms with Gasteiger partial charge in [-0.15, -0.1) is 11.8 Å². The highest BCUT2D eigenvalue weighted by Gasteiger charge is 2.28. The number of hydrogen-bond donors (Lipinski definition) is 3. The Morgan fingerprint density at radius 3 is 2.67 bits per heavy atom. The Morgan fingerprint density at radius 1 is 1.23 bits per heavy atom. The summed E-state index contributed by atoms with van der Waals surface area (Å²) in [6, 6.07) is 6.90. The Balaban J connectivity index is 1.51. The molecule has 2 aliphatic rings. The maximum Gasteiger partial charge on any atom is 0.243 e. The maximum absolute atomic E-state index is 12.9. The average molecular weight is 452 g/mol. The largest absolute Gasteiger partial charge is 0.497 e. The van der Waals surface area contributed by atoms with Gasteiger partial charge in [-0.1, -0.05) is 31.4 Å². The molecule has 1 saturated carbocycles. The fourth-order valence-electron chi connectivity index (χ4n) is 3.78. The lowest BCUT2D eigenvalue weighted by molar-refractivity contribution is -0.129. The predicted octanol–water partition coefficient (Wildman–Crippen LogP) is 2.77. The van der Waals surface area contributed by atoms with Gasteiger partial charge in [-0.3, -0.25) is 14.9 Å². The van der Waals surface area contributed by atoms with Crippen molar-refractivity contribution >= 4 is 35.3 Å². The number of carbonyl (C=O) groups excluding carboxylic acids is 2. The van der Waals surface area contributed by atoms with E-state index in [1.165, 1.54) is 32.1 Å². The van der Waals surface area contributed by atoms with Crippen molar-refractivity contribution < 1.29 is 14.3 Å². The van der Waals surface area contributed by atoms with E-state index in [4.69, 9.17) is 4.74 Å². The minimum atomic E-state index is -0.517. The topological polar surface area (TPSA) is 79.5 Å². The SMILES string of the molecule is COc1ccc(CNC(=O)[C@H](CSCC2CCCCC2)NC(=O)[C@@H]2CSCN2)cc1. The number of nitrogens with one attached hydrogen (secondary N) is 3. The molecule has 0 aromatic heterocycles. The lowest BCUT2D eigenvalue weighted by Gasteiger charge is -2.23. The van der Waals surface area contributed by atoms with Crippen molar-refractivity contribution in [3.05, 3.63) is 29.8 Å². The lowest BCUT2D eigenvalue weighted by Crippen LogP contribution is -2.53. The number of hydrogen-bond acceptors (Lipinski definition) is 6. The van der Waals surface area contributed by atoms with Crippen LogP contribution in [0.15, 0.2) is 24.3 Å². The Labute approximate surface area is 188 Å². The summed E-state index contributed by atoms with van der Waals surface area (Å²) in [5.74, 6) is 4.53. The van der Waals surface area contributed by atoms with Crippen molar-refractivity contribution in [2.24, 2.45) is 5.92 Å². The first kappa shape index (κ1) is 23.3. The second-order valence-electron chi connectivity index (χ2n) is 7.94. The molecule has 1 aliphatic carbocycles. The summed E-state index contributed by atoms with van der Waals surface area (Å²) in [6.07, 6.45) is 6.56. The van der Waals surface area contributed by atoms with Crippen LogP contribution in [0, 0.1) is 5.92 Å². The standard InChI is InChI=1S/C22H33N3O3S2/c1-28-18-9-7-16(8-10-18)11-23-21(26)20(25-22(27)19-13-30-15-24-19)14-29-12-17-5-3-2-4-6-17/h7-10,17,19-20,24H,2-6,11-15H2,1H3,(H,23,26)(H,25,27)/t19-,20-/m0/s1. The van der Waals surface area contributed by atoms with E-state index >= 15 is 0 Å². The summed E-state index contributed by atoms with van der Waals surface area (Å²) in [7, 11) is 1.63. The third-order valence-electron chi connectivity index (χ3n) is 5.65. The molecule has 2 amide bonds. The summed E-state index contributed by atoms with van der Waals surface area (Å²) >= 11 is 3.49. The van der Waals surface area contributed by atoms with Crippen LogP contribution in [0.3, 0.4) is 0 Å². The van der Waals surface area contributed by atoms with Crippen LogP contribution in [0.25, 0.3) is 0 Å². The van der Waals surface area contributed by atoms with Gasteiger partial charge in [-0.2, -0.15) is 11.8 Å². The molecule has 8 heteroatoms. The summed E-state index contributed by atoms with van der Waals surface area (Å²) < 4.78 is 5.17. The molecule has 6 nitrogen and oxygen atoms in total. The van der Waals surface area contributed by atoms with Crippen LogP contribution in [0.5, 0.6) is 5.75 Å². The summed E-state index contributed by atoms with van der Waals surface area (Å²) in [5.41, 5.74) is 0.998. The number of rotatable bonds is 10. The van der Waals surface area contributed by atoms with E-state index in [1.54, 1.807) is 30.6 Å². The first-order chi connectivity index (χ1) is 14.7. The van der Waals surface area contributed by atoms with E-state index < -0.39 is 6.04 Å². The Morgan fingerprint density at radius 2 is 2.00 bits per heavy atom. The molecule has 1 aromatic rings. The molecule has 0 radical (unpaired) electrons. The Bertz CT molecular complexity index is 675. The molecule has 3 rings (SSSR count). The van der Waals surface area contributed by atoms with Crippen molar-refractivity contribution in [2.75, 3.05) is 30.2 Å². The fraction of sp³-hybridized carbons (Fsp3) is 0.636. The van der Waals surface area contributed by atoms with Gasteiger partial charge in [0, 0.05) is 23.9 Å². The van der Waals surface area contributed by atoms with Crippen molar-refractivity contribution in [3.63, 3.8) is 0 Å². The van der Waals surface area contributed by atoms with E-state index in [1.807, 2.05) is 24.3 Å². The van der Waals surface area contributed by atoms with Crippen LogP contribution in [0.1, 0.15) is 37.7 Å². The highest BCUT2D eigenvalue weighted by Crippen LogP contribution is 2.27. The lowest BCUT2D eigenvalue weighted by atomic mass is 9.91. The van der Waals surface area contributed by atoms with Gasteiger partial charge in [-0.25, -0.2) is 0 Å². The number of benzene rings is 1. The molecular formula is C22H33N3O3S2. The van der Waals surface area contributed by atoms with Gasteiger partial charge < -0.3 is 15.4 Å². The quantitative estimate of drug-likeness (QED) is 0.508. The number of ether oxygens (including phenoxy) is 1. The second-order valence-corrected chi connectivity index (χ2v) is 10.0. The monoisotopic (exact) mass is 451 g/mol. The molecule has 1 aliphatic heterocycles. The van der Waals surface area contributed by atoms with Crippen LogP contribution in [-0.2, 0) is 16.1 Å². The highest BCUT2D eigenvalue weighted by molar-refractivity contribution is 7.99. The van der Waals surface area contributed by atoms with E-state index in [0.29, 0.717) is 12.3 Å². The number of amides is 2. The zero-order valence-electron chi connectivity index (χ0n) is 17.7. The zero-order valence-corrected chi connectivity index (χ0v) is 19.3. The van der Waals surface area contributed by atoms with Gasteiger partial charge >= 0.3 is 0 Å². The molecule has 0 bridgehead atoms. The van der Waals surface area contributed by atoms with Crippen LogP contribution in [-0.4, -0.2) is 54.1 Å². The van der Waals surface area contributed by atoms with Crippen LogP contribution in [0.2, 0.25) is 0 Å². The zero-order chi connectivity index (χ0) is 21.2. The minimum absolute atomic E-state index is 0.0807. The number of methoxy groups -OCH3 is 1. The molecule has 1 saturated heterocycles. The van der Waals surface area contributed by atoms with Gasteiger partial charge in [0.1, 0.15) is 11.8 Å². The second kappa shape index (κ2) is 12.5. The molecule has 2 fully saturated rings. The van der Waals surface area contributed by atoms with Crippen molar-refractivity contribution in [1.82, 2.24) is 16.0 Å². The van der Waals surface area contributed by atoms with Gasteiger partial charge in [0.2, 0.25) is 11.8 Å². The van der Waals surface area contributed by atoms with Gasteiger partial charge in [0.05, 0.1) is 13.2 Å². The van der Waals surface area contributed by atoms with Gasteiger partial charge in [0.15, 0.2) is 0 Å². The number of carbonyl (C=O) groups is 2. The molecule has 1 aromatic carbocycles. The van der Waals surface area contributed by atoms with Crippen molar-refractivity contribution in [3.8, 4) is 5.75 Å². The molecule has 0 unspecified atom stereocenters. The third-order valence-corrected chi connectivity index (χ3v) is 7.87. The number of thioether (sulfide) groups is 2. The summed E-state index contributed by atoms with van der Waals surface area (Å²) in [4.78, 5) is 25.5. The van der Waals surface area contributed by atoms with Crippen molar-refractivity contribution in [1.29, 1.82) is 0 Å². The molecule has 0 spiro atoms. The van der Waals surface area contributed by atoms with E-state index in [2.05, 4.69) is 16.0 Å².